The van der Waals surface area contributed by atoms with E-state index in [2.05, 4.69) is 5.32 Å². The van der Waals surface area contributed by atoms with Crippen molar-refractivity contribution < 1.29 is 19.7 Å². The Balaban J connectivity index is 1.60. The number of hydrogen-bond acceptors (Lipinski definition) is 4. The minimum absolute atomic E-state index is 0.272. The summed E-state index contributed by atoms with van der Waals surface area (Å²) in [6, 6.07) is 0. The zero-order valence-corrected chi connectivity index (χ0v) is 12.1. The molecule has 5 nitrogen and oxygen atoms in total. The summed E-state index contributed by atoms with van der Waals surface area (Å²) in [4.78, 5) is 10.9. The molecule has 0 radical (unpaired) electrons. The van der Waals surface area contributed by atoms with Gasteiger partial charge in [0.2, 0.25) is 0 Å². The Morgan fingerprint density at radius 1 is 1.25 bits per heavy atom. The molecule has 2 rings (SSSR count). The third kappa shape index (κ3) is 4.72. The van der Waals surface area contributed by atoms with Crippen molar-refractivity contribution in [1.82, 2.24) is 5.32 Å². The van der Waals surface area contributed by atoms with E-state index in [1.165, 1.54) is 12.8 Å². The molecule has 20 heavy (non-hydrogen) atoms. The monoisotopic (exact) mass is 285 g/mol. The average molecular weight is 285 g/mol. The fraction of sp³-hybridized carbons (Fsp3) is 0.933. The van der Waals surface area contributed by atoms with Crippen LogP contribution in [0.2, 0.25) is 0 Å². The molecule has 1 saturated heterocycles. The molecule has 0 aromatic rings. The number of aliphatic hydroxyl groups is 1. The van der Waals surface area contributed by atoms with Crippen LogP contribution in [0.3, 0.4) is 0 Å². The molecule has 3 N–H and O–H groups in total. The van der Waals surface area contributed by atoms with Crippen LogP contribution in [-0.2, 0) is 9.53 Å². The Labute approximate surface area is 120 Å². The van der Waals surface area contributed by atoms with Crippen molar-refractivity contribution in [2.75, 3.05) is 19.7 Å². The molecule has 1 heterocycles. The van der Waals surface area contributed by atoms with Gasteiger partial charge in [-0.15, -0.1) is 0 Å². The normalized spacial score (nSPS) is 34.9. The smallest absolute Gasteiger partial charge is 0.306 e. The Morgan fingerprint density at radius 2 is 2.00 bits per heavy atom. The standard InChI is InChI=1S/C15H27NO4/c17-14(18)12-4-7-15(19,8-5-12)11-16-9-6-13-3-1-2-10-20-13/h12-13,16,19H,1-11H2,(H,17,18). The molecule has 0 aromatic heterocycles. The quantitative estimate of drug-likeness (QED) is 0.645. The van der Waals surface area contributed by atoms with E-state index in [1.54, 1.807) is 0 Å². The summed E-state index contributed by atoms with van der Waals surface area (Å²) in [7, 11) is 0. The van der Waals surface area contributed by atoms with Gasteiger partial charge < -0.3 is 20.3 Å². The van der Waals surface area contributed by atoms with Gasteiger partial charge in [0, 0.05) is 13.2 Å². The van der Waals surface area contributed by atoms with E-state index in [4.69, 9.17) is 9.84 Å². The molecule has 1 aliphatic carbocycles. The summed E-state index contributed by atoms with van der Waals surface area (Å²) in [6.07, 6.45) is 7.26. The molecule has 0 aromatic carbocycles. The van der Waals surface area contributed by atoms with Gasteiger partial charge in [-0.05, 0) is 57.9 Å². The van der Waals surface area contributed by atoms with E-state index in [1.807, 2.05) is 0 Å². The van der Waals surface area contributed by atoms with Crippen LogP contribution < -0.4 is 5.32 Å². The lowest BCUT2D eigenvalue weighted by Crippen LogP contribution is -2.45. The molecule has 1 atom stereocenters. The molecule has 0 bridgehead atoms. The molecule has 5 heteroatoms. The third-order valence-electron chi connectivity index (χ3n) is 4.64. The largest absolute Gasteiger partial charge is 0.481 e. The van der Waals surface area contributed by atoms with Crippen LogP contribution in [0.4, 0.5) is 0 Å². The number of ether oxygens (including phenoxy) is 1. The van der Waals surface area contributed by atoms with Gasteiger partial charge in [-0.25, -0.2) is 0 Å². The molecule has 2 fully saturated rings. The zero-order chi connectivity index (χ0) is 14.4. The maximum Gasteiger partial charge on any atom is 0.306 e. The molecule has 116 valence electrons. The Morgan fingerprint density at radius 3 is 2.60 bits per heavy atom. The maximum absolute atomic E-state index is 10.9. The van der Waals surface area contributed by atoms with E-state index >= 15 is 0 Å². The van der Waals surface area contributed by atoms with Crippen molar-refractivity contribution in [3.05, 3.63) is 0 Å². The highest BCUT2D eigenvalue weighted by Gasteiger charge is 2.35. The summed E-state index contributed by atoms with van der Waals surface area (Å²) in [5, 5.41) is 22.7. The SMILES string of the molecule is O=C(O)C1CCC(O)(CNCCC2CCCCO2)CC1. The minimum atomic E-state index is -0.727. The zero-order valence-electron chi connectivity index (χ0n) is 12.1. The molecular formula is C15H27NO4. The van der Waals surface area contributed by atoms with E-state index in [0.717, 1.165) is 26.0 Å². The van der Waals surface area contributed by atoms with Crippen molar-refractivity contribution in [3.63, 3.8) is 0 Å². The van der Waals surface area contributed by atoms with Crippen LogP contribution in [0, 0.1) is 5.92 Å². The summed E-state index contributed by atoms with van der Waals surface area (Å²) in [6.45, 7) is 2.30. The predicted octanol–water partition coefficient (Wildman–Crippen LogP) is 1.54. The summed E-state index contributed by atoms with van der Waals surface area (Å²) >= 11 is 0. The first-order chi connectivity index (χ1) is 9.59. The number of nitrogens with one attached hydrogen (secondary N) is 1. The highest BCUT2D eigenvalue weighted by molar-refractivity contribution is 5.70. The van der Waals surface area contributed by atoms with Crippen LogP contribution in [-0.4, -0.2) is 47.6 Å². The Bertz CT molecular complexity index is 307. The summed E-state index contributed by atoms with van der Waals surface area (Å²) in [5.74, 6) is -1.000. The number of rotatable bonds is 6. The lowest BCUT2D eigenvalue weighted by Gasteiger charge is -2.35. The highest BCUT2D eigenvalue weighted by Crippen LogP contribution is 2.31. The van der Waals surface area contributed by atoms with E-state index in [0.29, 0.717) is 38.3 Å². The third-order valence-corrected chi connectivity index (χ3v) is 4.64. The van der Waals surface area contributed by atoms with Crippen LogP contribution in [0.5, 0.6) is 0 Å². The topological polar surface area (TPSA) is 78.8 Å². The Kier molecular flexibility index (Phi) is 5.81. The van der Waals surface area contributed by atoms with Gasteiger partial charge in [0.05, 0.1) is 17.6 Å². The first kappa shape index (κ1) is 15.7. The molecule has 2 aliphatic rings. The van der Waals surface area contributed by atoms with Crippen LogP contribution >= 0.6 is 0 Å². The van der Waals surface area contributed by atoms with Gasteiger partial charge in [0.25, 0.3) is 0 Å². The lowest BCUT2D eigenvalue weighted by atomic mass is 9.79. The number of carboxylic acid groups (broad SMARTS) is 1. The van der Waals surface area contributed by atoms with Gasteiger partial charge >= 0.3 is 5.97 Å². The minimum Gasteiger partial charge on any atom is -0.481 e. The number of hydrogen-bond donors (Lipinski definition) is 3. The van der Waals surface area contributed by atoms with Crippen molar-refractivity contribution in [2.45, 2.75) is 63.1 Å². The summed E-state index contributed by atoms with van der Waals surface area (Å²) in [5.41, 5.74) is -0.723. The van der Waals surface area contributed by atoms with Crippen molar-refractivity contribution in [3.8, 4) is 0 Å². The molecule has 0 amide bonds. The van der Waals surface area contributed by atoms with Crippen LogP contribution in [0.25, 0.3) is 0 Å². The second kappa shape index (κ2) is 7.38. The molecule has 1 aliphatic heterocycles. The molecule has 1 saturated carbocycles. The molecule has 0 spiro atoms. The van der Waals surface area contributed by atoms with E-state index < -0.39 is 11.6 Å². The van der Waals surface area contributed by atoms with E-state index in [-0.39, 0.29) is 5.92 Å². The predicted molar refractivity (Wildman–Crippen MR) is 75.6 cm³/mol. The van der Waals surface area contributed by atoms with Crippen molar-refractivity contribution >= 4 is 5.97 Å². The lowest BCUT2D eigenvalue weighted by molar-refractivity contribution is -0.144. The number of carboxylic acids is 1. The molecule has 1 unspecified atom stereocenters. The molecular weight excluding hydrogens is 258 g/mol. The number of carbonyl (C=O) groups is 1. The summed E-state index contributed by atoms with van der Waals surface area (Å²) < 4.78 is 5.67. The van der Waals surface area contributed by atoms with Gasteiger partial charge in [0.15, 0.2) is 0 Å². The first-order valence-corrected chi connectivity index (χ1v) is 7.87. The fourth-order valence-electron chi connectivity index (χ4n) is 3.20. The van der Waals surface area contributed by atoms with Crippen molar-refractivity contribution in [1.29, 1.82) is 0 Å². The van der Waals surface area contributed by atoms with Crippen LogP contribution in [0.15, 0.2) is 0 Å². The average Bonchev–Trinajstić information content (AvgIpc) is 2.45. The maximum atomic E-state index is 10.9. The van der Waals surface area contributed by atoms with Gasteiger partial charge in [-0.2, -0.15) is 0 Å². The van der Waals surface area contributed by atoms with Gasteiger partial charge in [-0.3, -0.25) is 4.79 Å². The van der Waals surface area contributed by atoms with Crippen LogP contribution in [0.1, 0.15) is 51.4 Å². The van der Waals surface area contributed by atoms with Gasteiger partial charge in [0.1, 0.15) is 0 Å². The second-order valence-corrected chi connectivity index (χ2v) is 6.29. The highest BCUT2D eigenvalue weighted by atomic mass is 16.5. The second-order valence-electron chi connectivity index (χ2n) is 6.29. The van der Waals surface area contributed by atoms with E-state index in [9.17, 15) is 9.90 Å². The Hall–Kier alpha value is -0.650. The first-order valence-electron chi connectivity index (χ1n) is 7.87. The van der Waals surface area contributed by atoms with Crippen molar-refractivity contribution in [2.24, 2.45) is 5.92 Å². The van der Waals surface area contributed by atoms with Gasteiger partial charge in [-0.1, -0.05) is 0 Å². The number of aliphatic carboxylic acids is 1. The fourth-order valence-corrected chi connectivity index (χ4v) is 3.20.